The van der Waals surface area contributed by atoms with Crippen molar-refractivity contribution in [3.63, 3.8) is 0 Å². The topological polar surface area (TPSA) is 50.2 Å². The minimum absolute atomic E-state index is 0.0296. The molecule has 5 heteroatoms. The third kappa shape index (κ3) is 2.76. The first kappa shape index (κ1) is 10.6. The van der Waals surface area contributed by atoms with E-state index in [4.69, 9.17) is 5.11 Å². The van der Waals surface area contributed by atoms with Gasteiger partial charge in [0.15, 0.2) is 0 Å². The van der Waals surface area contributed by atoms with Crippen LogP contribution in [0.25, 0.3) is 0 Å². The van der Waals surface area contributed by atoms with Gasteiger partial charge in [-0.3, -0.25) is 4.98 Å². The maximum absolute atomic E-state index is 12.6. The summed E-state index contributed by atoms with van der Waals surface area (Å²) in [5, 5.41) is 8.16. The number of aromatic nitrogens is 1. The highest BCUT2D eigenvalue weighted by molar-refractivity contribution is 5.75. The molecule has 1 N–H and O–H groups in total. The molecule has 14 heavy (non-hydrogen) atoms. The number of aryl methyl sites for hydroxylation is 1. The fourth-order valence-electron chi connectivity index (χ4n) is 0.958. The minimum atomic E-state index is -3.65. The van der Waals surface area contributed by atoms with Crippen LogP contribution in [0.3, 0.4) is 0 Å². The zero-order valence-corrected chi connectivity index (χ0v) is 7.28. The second-order valence-electron chi connectivity index (χ2n) is 2.87. The molecule has 0 atom stereocenters. The Kier molecular flexibility index (Phi) is 3.11. The van der Waals surface area contributed by atoms with Gasteiger partial charge in [-0.05, 0) is 24.1 Å². The van der Waals surface area contributed by atoms with Crippen molar-refractivity contribution in [1.29, 1.82) is 0 Å². The summed E-state index contributed by atoms with van der Waals surface area (Å²) >= 11 is 0. The average Bonchev–Trinajstić information content (AvgIpc) is 2.16. The highest BCUT2D eigenvalue weighted by Crippen LogP contribution is 2.20. The fourth-order valence-corrected chi connectivity index (χ4v) is 0.958. The van der Waals surface area contributed by atoms with Crippen molar-refractivity contribution < 1.29 is 18.7 Å². The van der Waals surface area contributed by atoms with Gasteiger partial charge in [0.05, 0.1) is 0 Å². The van der Waals surface area contributed by atoms with Crippen LogP contribution >= 0.6 is 0 Å². The summed E-state index contributed by atoms with van der Waals surface area (Å²) in [5.74, 6) is -5.73. The Hall–Kier alpha value is -1.52. The Bertz CT molecular complexity index is 314. The standard InChI is InChI=1S/C9H9F2NO2/c10-9(11,8(13)14)4-1-7-2-5-12-6-3-7/h2-3,5-6H,1,4H2,(H,13,14). The number of alkyl halides is 2. The van der Waals surface area contributed by atoms with Crippen molar-refractivity contribution in [3.8, 4) is 0 Å². The van der Waals surface area contributed by atoms with Gasteiger partial charge in [0.2, 0.25) is 0 Å². The largest absolute Gasteiger partial charge is 0.477 e. The van der Waals surface area contributed by atoms with Gasteiger partial charge in [0.1, 0.15) is 0 Å². The number of nitrogens with zero attached hydrogens (tertiary/aromatic N) is 1. The molecule has 0 spiro atoms. The van der Waals surface area contributed by atoms with E-state index in [1.165, 1.54) is 12.4 Å². The van der Waals surface area contributed by atoms with Crippen LogP contribution in [0.5, 0.6) is 0 Å². The van der Waals surface area contributed by atoms with Gasteiger partial charge in [-0.2, -0.15) is 8.78 Å². The molecular weight excluding hydrogens is 192 g/mol. The number of carboxylic acid groups (broad SMARTS) is 1. The van der Waals surface area contributed by atoms with Crippen LogP contribution < -0.4 is 0 Å². The number of hydrogen-bond donors (Lipinski definition) is 1. The first-order valence-electron chi connectivity index (χ1n) is 4.02. The monoisotopic (exact) mass is 201 g/mol. The van der Waals surface area contributed by atoms with Crippen LogP contribution in [0.15, 0.2) is 24.5 Å². The molecular formula is C9H9F2NO2. The number of carbonyl (C=O) groups is 1. The van der Waals surface area contributed by atoms with E-state index in [1.807, 2.05) is 0 Å². The molecule has 0 aliphatic rings. The highest BCUT2D eigenvalue weighted by Gasteiger charge is 2.37. The van der Waals surface area contributed by atoms with Gasteiger partial charge < -0.3 is 5.11 Å². The average molecular weight is 201 g/mol. The smallest absolute Gasteiger partial charge is 0.374 e. The molecule has 0 saturated carbocycles. The van der Waals surface area contributed by atoms with Gasteiger partial charge in [-0.25, -0.2) is 4.79 Å². The molecule has 0 radical (unpaired) electrons. The molecule has 0 fully saturated rings. The lowest BCUT2D eigenvalue weighted by atomic mass is 10.1. The molecule has 1 rings (SSSR count). The molecule has 1 heterocycles. The van der Waals surface area contributed by atoms with Crippen LogP contribution in [-0.4, -0.2) is 22.0 Å². The third-order valence-electron chi connectivity index (χ3n) is 1.79. The van der Waals surface area contributed by atoms with Crippen molar-refractivity contribution in [2.75, 3.05) is 0 Å². The Morgan fingerprint density at radius 3 is 2.50 bits per heavy atom. The van der Waals surface area contributed by atoms with Gasteiger partial charge in [-0.15, -0.1) is 0 Å². The van der Waals surface area contributed by atoms with Crippen molar-refractivity contribution in [2.45, 2.75) is 18.8 Å². The van der Waals surface area contributed by atoms with E-state index < -0.39 is 18.3 Å². The zero-order chi connectivity index (χ0) is 10.6. The Balaban J connectivity index is 2.53. The number of carboxylic acids is 1. The van der Waals surface area contributed by atoms with E-state index in [-0.39, 0.29) is 6.42 Å². The second kappa shape index (κ2) is 4.13. The number of rotatable bonds is 4. The Labute approximate surface area is 79.4 Å². The Morgan fingerprint density at radius 2 is 2.00 bits per heavy atom. The summed E-state index contributed by atoms with van der Waals surface area (Å²) in [5.41, 5.74) is 0.654. The number of hydrogen-bond acceptors (Lipinski definition) is 2. The summed E-state index contributed by atoms with van der Waals surface area (Å²) in [6.45, 7) is 0. The molecule has 3 nitrogen and oxygen atoms in total. The molecule has 1 aromatic rings. The zero-order valence-electron chi connectivity index (χ0n) is 7.28. The summed E-state index contributed by atoms with van der Waals surface area (Å²) < 4.78 is 25.2. The van der Waals surface area contributed by atoms with Crippen molar-refractivity contribution in [2.24, 2.45) is 0 Å². The van der Waals surface area contributed by atoms with E-state index in [0.717, 1.165) is 0 Å². The van der Waals surface area contributed by atoms with E-state index in [2.05, 4.69) is 4.98 Å². The number of pyridine rings is 1. The predicted octanol–water partition coefficient (Wildman–Crippen LogP) is 1.73. The van der Waals surface area contributed by atoms with E-state index in [1.54, 1.807) is 12.1 Å². The van der Waals surface area contributed by atoms with E-state index >= 15 is 0 Å². The normalized spacial score (nSPS) is 11.3. The van der Waals surface area contributed by atoms with Gasteiger partial charge in [0, 0.05) is 18.8 Å². The maximum Gasteiger partial charge on any atom is 0.374 e. The lowest BCUT2D eigenvalue weighted by Gasteiger charge is -2.10. The van der Waals surface area contributed by atoms with Crippen molar-refractivity contribution >= 4 is 5.97 Å². The molecule has 0 amide bonds. The van der Waals surface area contributed by atoms with Crippen LogP contribution in [0.1, 0.15) is 12.0 Å². The number of aliphatic carboxylic acids is 1. The van der Waals surface area contributed by atoms with Crippen molar-refractivity contribution in [3.05, 3.63) is 30.1 Å². The molecule has 76 valence electrons. The highest BCUT2D eigenvalue weighted by atomic mass is 19.3. The fraction of sp³-hybridized carbons (Fsp3) is 0.333. The van der Waals surface area contributed by atoms with Crippen LogP contribution in [-0.2, 0) is 11.2 Å². The summed E-state index contributed by atoms with van der Waals surface area (Å²) in [4.78, 5) is 13.8. The molecule has 0 bridgehead atoms. The third-order valence-corrected chi connectivity index (χ3v) is 1.79. The quantitative estimate of drug-likeness (QED) is 0.807. The van der Waals surface area contributed by atoms with Gasteiger partial charge >= 0.3 is 11.9 Å². The second-order valence-corrected chi connectivity index (χ2v) is 2.87. The molecule has 1 aromatic heterocycles. The maximum atomic E-state index is 12.6. The van der Waals surface area contributed by atoms with Crippen LogP contribution in [0.2, 0.25) is 0 Å². The van der Waals surface area contributed by atoms with Crippen LogP contribution in [0.4, 0.5) is 8.78 Å². The van der Waals surface area contributed by atoms with E-state index in [0.29, 0.717) is 5.56 Å². The van der Waals surface area contributed by atoms with Gasteiger partial charge in [-0.1, -0.05) is 0 Å². The number of halogens is 2. The molecule has 0 unspecified atom stereocenters. The molecule has 0 aromatic carbocycles. The van der Waals surface area contributed by atoms with Crippen molar-refractivity contribution in [1.82, 2.24) is 4.98 Å². The summed E-state index contributed by atoms with van der Waals surface area (Å²) in [7, 11) is 0. The first-order chi connectivity index (χ1) is 6.52. The van der Waals surface area contributed by atoms with E-state index in [9.17, 15) is 13.6 Å². The van der Waals surface area contributed by atoms with Crippen LogP contribution in [0, 0.1) is 0 Å². The van der Waals surface area contributed by atoms with Gasteiger partial charge in [0.25, 0.3) is 0 Å². The SMILES string of the molecule is O=C(O)C(F)(F)CCc1ccncc1. The molecule has 0 saturated heterocycles. The first-order valence-corrected chi connectivity index (χ1v) is 4.02. The predicted molar refractivity (Wildman–Crippen MR) is 45.1 cm³/mol. The Morgan fingerprint density at radius 1 is 1.43 bits per heavy atom. The lowest BCUT2D eigenvalue weighted by molar-refractivity contribution is -0.165. The molecule has 0 aliphatic heterocycles. The lowest BCUT2D eigenvalue weighted by Crippen LogP contribution is -2.28. The summed E-state index contributed by atoms with van der Waals surface area (Å²) in [6.07, 6.45) is 2.30. The molecule has 0 aliphatic carbocycles. The summed E-state index contributed by atoms with van der Waals surface area (Å²) in [6, 6.07) is 3.16. The minimum Gasteiger partial charge on any atom is -0.477 e.